The summed E-state index contributed by atoms with van der Waals surface area (Å²) >= 11 is 0. The SMILES string of the molecule is CC(=NN=Cc1ccccc1)c1cccc(C(C)=NN=Cc2ccccc2)n1. The number of nitrogens with zero attached hydrogens (tertiary/aromatic N) is 5. The molecule has 1 aromatic heterocycles. The second-order valence-corrected chi connectivity index (χ2v) is 6.09. The highest BCUT2D eigenvalue weighted by molar-refractivity contribution is 6.01. The normalized spacial score (nSPS) is 12.8. The van der Waals surface area contributed by atoms with Crippen molar-refractivity contribution in [2.75, 3.05) is 0 Å². The van der Waals surface area contributed by atoms with Crippen LogP contribution < -0.4 is 0 Å². The van der Waals surface area contributed by atoms with Crippen molar-refractivity contribution in [1.29, 1.82) is 0 Å². The molecule has 2 aromatic carbocycles. The highest BCUT2D eigenvalue weighted by Gasteiger charge is 2.04. The van der Waals surface area contributed by atoms with Gasteiger partial charge in [0.15, 0.2) is 0 Å². The fourth-order valence-corrected chi connectivity index (χ4v) is 2.38. The molecule has 3 rings (SSSR count). The average molecular weight is 367 g/mol. The van der Waals surface area contributed by atoms with E-state index in [2.05, 4.69) is 25.4 Å². The van der Waals surface area contributed by atoms with Gasteiger partial charge in [-0.05, 0) is 37.1 Å². The van der Waals surface area contributed by atoms with Crippen LogP contribution in [-0.4, -0.2) is 28.8 Å². The molecule has 1 heterocycles. The quantitative estimate of drug-likeness (QED) is 0.457. The first kappa shape index (κ1) is 19.0. The van der Waals surface area contributed by atoms with E-state index in [1.165, 1.54) is 0 Å². The van der Waals surface area contributed by atoms with Crippen molar-refractivity contribution in [3.63, 3.8) is 0 Å². The number of aromatic nitrogens is 1. The number of pyridine rings is 1. The molecule has 0 atom stereocenters. The first-order valence-electron chi connectivity index (χ1n) is 8.95. The third kappa shape index (κ3) is 5.64. The molecule has 0 spiro atoms. The molecule has 28 heavy (non-hydrogen) atoms. The van der Waals surface area contributed by atoms with E-state index in [0.717, 1.165) is 33.9 Å². The summed E-state index contributed by atoms with van der Waals surface area (Å²) in [5.74, 6) is 0. The van der Waals surface area contributed by atoms with Crippen LogP contribution in [0.5, 0.6) is 0 Å². The van der Waals surface area contributed by atoms with Crippen molar-refractivity contribution in [3.05, 3.63) is 101 Å². The first-order valence-corrected chi connectivity index (χ1v) is 8.95. The molecule has 5 heteroatoms. The maximum Gasteiger partial charge on any atom is 0.0868 e. The van der Waals surface area contributed by atoms with Crippen LogP contribution in [0.3, 0.4) is 0 Å². The molecule has 0 radical (unpaired) electrons. The standard InChI is InChI=1S/C23H21N5/c1-18(27-24-16-20-10-5-3-6-11-20)22-14-9-15-23(26-22)19(2)28-25-17-21-12-7-4-8-13-21/h3-17H,1-2H3. The van der Waals surface area contributed by atoms with E-state index in [9.17, 15) is 0 Å². The summed E-state index contributed by atoms with van der Waals surface area (Å²) in [4.78, 5) is 4.61. The summed E-state index contributed by atoms with van der Waals surface area (Å²) in [6.07, 6.45) is 3.44. The lowest BCUT2D eigenvalue weighted by atomic mass is 10.2. The van der Waals surface area contributed by atoms with Gasteiger partial charge in [0.25, 0.3) is 0 Å². The van der Waals surface area contributed by atoms with Gasteiger partial charge in [0, 0.05) is 0 Å². The Morgan fingerprint density at radius 3 is 1.46 bits per heavy atom. The van der Waals surface area contributed by atoms with Crippen LogP contribution in [0.2, 0.25) is 0 Å². The van der Waals surface area contributed by atoms with Crippen LogP contribution in [-0.2, 0) is 0 Å². The average Bonchev–Trinajstić information content (AvgIpc) is 2.75. The van der Waals surface area contributed by atoms with Gasteiger partial charge in [-0.2, -0.15) is 20.4 Å². The van der Waals surface area contributed by atoms with Gasteiger partial charge in [-0.15, -0.1) is 0 Å². The molecule has 3 aromatic rings. The molecule has 0 aliphatic rings. The van der Waals surface area contributed by atoms with Gasteiger partial charge in [-0.1, -0.05) is 66.7 Å². The molecule has 0 saturated carbocycles. The Morgan fingerprint density at radius 2 is 1.04 bits per heavy atom. The molecular weight excluding hydrogens is 346 g/mol. The van der Waals surface area contributed by atoms with Crippen molar-refractivity contribution < 1.29 is 0 Å². The zero-order valence-corrected chi connectivity index (χ0v) is 15.9. The van der Waals surface area contributed by atoms with Crippen molar-refractivity contribution in [3.8, 4) is 0 Å². The second kappa shape index (κ2) is 9.83. The van der Waals surface area contributed by atoms with E-state index in [1.807, 2.05) is 92.7 Å². The Kier molecular flexibility index (Phi) is 6.68. The topological polar surface area (TPSA) is 62.3 Å². The van der Waals surface area contributed by atoms with Gasteiger partial charge < -0.3 is 0 Å². The summed E-state index contributed by atoms with van der Waals surface area (Å²) in [6.45, 7) is 3.77. The predicted octanol–water partition coefficient (Wildman–Crippen LogP) is 4.77. The van der Waals surface area contributed by atoms with E-state index in [4.69, 9.17) is 0 Å². The third-order valence-corrected chi connectivity index (χ3v) is 3.92. The van der Waals surface area contributed by atoms with Crippen molar-refractivity contribution in [2.45, 2.75) is 13.8 Å². The summed E-state index contributed by atoms with van der Waals surface area (Å²) in [7, 11) is 0. The molecule has 138 valence electrons. The number of rotatable bonds is 6. The van der Waals surface area contributed by atoms with Gasteiger partial charge in [0.1, 0.15) is 0 Å². The number of hydrogen-bond donors (Lipinski definition) is 0. The molecule has 0 aliphatic carbocycles. The van der Waals surface area contributed by atoms with Crippen LogP contribution in [0, 0.1) is 0 Å². The van der Waals surface area contributed by atoms with Gasteiger partial charge in [-0.25, -0.2) is 4.98 Å². The summed E-state index contributed by atoms with van der Waals surface area (Å²) in [5, 5.41) is 16.8. The molecule has 0 saturated heterocycles. The van der Waals surface area contributed by atoms with E-state index in [1.54, 1.807) is 12.4 Å². The van der Waals surface area contributed by atoms with Crippen molar-refractivity contribution in [2.24, 2.45) is 20.4 Å². The minimum absolute atomic E-state index is 0.731. The Hall–Kier alpha value is -3.73. The Bertz CT molecular complexity index is 938. The van der Waals surface area contributed by atoms with E-state index >= 15 is 0 Å². The van der Waals surface area contributed by atoms with Crippen LogP contribution in [0.15, 0.2) is 99.3 Å². The zero-order valence-electron chi connectivity index (χ0n) is 15.9. The Balaban J connectivity index is 1.72. The van der Waals surface area contributed by atoms with Crippen molar-refractivity contribution >= 4 is 23.9 Å². The number of benzene rings is 2. The number of hydrogen-bond acceptors (Lipinski definition) is 5. The molecule has 0 bridgehead atoms. The van der Waals surface area contributed by atoms with E-state index < -0.39 is 0 Å². The molecule has 0 fully saturated rings. The molecule has 0 unspecified atom stereocenters. The molecule has 5 nitrogen and oxygen atoms in total. The largest absolute Gasteiger partial charge is 0.245 e. The predicted molar refractivity (Wildman–Crippen MR) is 117 cm³/mol. The maximum atomic E-state index is 4.61. The maximum absolute atomic E-state index is 4.61. The van der Waals surface area contributed by atoms with E-state index in [0.29, 0.717) is 0 Å². The van der Waals surface area contributed by atoms with Crippen LogP contribution in [0.25, 0.3) is 0 Å². The molecule has 0 amide bonds. The molecular formula is C23H21N5. The summed E-state index contributed by atoms with van der Waals surface area (Å²) < 4.78 is 0. The summed E-state index contributed by atoms with van der Waals surface area (Å²) in [5.41, 5.74) is 4.97. The van der Waals surface area contributed by atoms with Gasteiger partial charge in [-0.3, -0.25) is 0 Å². The highest BCUT2D eigenvalue weighted by atomic mass is 15.2. The lowest BCUT2D eigenvalue weighted by Gasteiger charge is -2.02. The highest BCUT2D eigenvalue weighted by Crippen LogP contribution is 2.04. The van der Waals surface area contributed by atoms with Gasteiger partial charge >= 0.3 is 0 Å². The minimum Gasteiger partial charge on any atom is -0.245 e. The fourth-order valence-electron chi connectivity index (χ4n) is 2.38. The van der Waals surface area contributed by atoms with Crippen molar-refractivity contribution in [1.82, 2.24) is 4.98 Å². The van der Waals surface area contributed by atoms with Gasteiger partial charge in [0.05, 0.1) is 35.2 Å². The minimum atomic E-state index is 0.731. The van der Waals surface area contributed by atoms with E-state index in [-0.39, 0.29) is 0 Å². The van der Waals surface area contributed by atoms with Crippen LogP contribution in [0.4, 0.5) is 0 Å². The first-order chi connectivity index (χ1) is 13.7. The lowest BCUT2D eigenvalue weighted by Crippen LogP contribution is -2.04. The smallest absolute Gasteiger partial charge is 0.0868 e. The van der Waals surface area contributed by atoms with Crippen LogP contribution >= 0.6 is 0 Å². The third-order valence-electron chi connectivity index (χ3n) is 3.92. The summed E-state index contributed by atoms with van der Waals surface area (Å²) in [6, 6.07) is 25.4. The second-order valence-electron chi connectivity index (χ2n) is 6.09. The Labute approximate surface area is 164 Å². The monoisotopic (exact) mass is 367 g/mol. The lowest BCUT2D eigenvalue weighted by molar-refractivity contribution is 1.17. The Morgan fingerprint density at radius 1 is 0.607 bits per heavy atom. The van der Waals surface area contributed by atoms with Crippen LogP contribution in [0.1, 0.15) is 36.4 Å². The van der Waals surface area contributed by atoms with Gasteiger partial charge in [0.2, 0.25) is 0 Å². The fraction of sp³-hybridized carbons (Fsp3) is 0.0870. The zero-order chi connectivity index (χ0) is 19.6. The molecule has 0 N–H and O–H groups in total. The molecule has 0 aliphatic heterocycles.